The SMILES string of the molecule is CCC(C)C(=O)Nc1cccc(CNC(=O)c2nnn(-c3cccc(OC)c3)c2C)c1. The summed E-state index contributed by atoms with van der Waals surface area (Å²) in [5, 5.41) is 13.9. The molecule has 2 amide bonds. The Labute approximate surface area is 181 Å². The Hall–Kier alpha value is -3.68. The second-order valence-electron chi connectivity index (χ2n) is 7.32. The number of hydrogen-bond acceptors (Lipinski definition) is 5. The van der Waals surface area contributed by atoms with Crippen LogP contribution in [0.3, 0.4) is 0 Å². The third kappa shape index (κ3) is 5.28. The lowest BCUT2D eigenvalue weighted by Gasteiger charge is -2.11. The van der Waals surface area contributed by atoms with Crippen LogP contribution in [0, 0.1) is 12.8 Å². The van der Waals surface area contributed by atoms with Gasteiger partial charge in [-0.1, -0.05) is 37.3 Å². The Bertz CT molecular complexity index is 1080. The predicted octanol–water partition coefficient (Wildman–Crippen LogP) is 3.50. The van der Waals surface area contributed by atoms with Gasteiger partial charge in [-0.2, -0.15) is 0 Å². The molecular weight excluding hydrogens is 394 g/mol. The highest BCUT2D eigenvalue weighted by atomic mass is 16.5. The molecule has 0 saturated heterocycles. The Kier molecular flexibility index (Phi) is 7.02. The van der Waals surface area contributed by atoms with Crippen molar-refractivity contribution in [3.63, 3.8) is 0 Å². The van der Waals surface area contributed by atoms with Crippen LogP contribution in [0.15, 0.2) is 48.5 Å². The molecule has 31 heavy (non-hydrogen) atoms. The van der Waals surface area contributed by atoms with E-state index in [-0.39, 0.29) is 23.4 Å². The van der Waals surface area contributed by atoms with Crippen molar-refractivity contribution in [2.75, 3.05) is 12.4 Å². The summed E-state index contributed by atoms with van der Waals surface area (Å²) in [4.78, 5) is 24.8. The molecule has 3 rings (SSSR count). The molecule has 0 aliphatic heterocycles. The van der Waals surface area contributed by atoms with Gasteiger partial charge >= 0.3 is 0 Å². The molecule has 1 unspecified atom stereocenters. The summed E-state index contributed by atoms with van der Waals surface area (Å²) in [5.41, 5.74) is 3.21. The fourth-order valence-corrected chi connectivity index (χ4v) is 3.00. The van der Waals surface area contributed by atoms with Gasteiger partial charge in [0.2, 0.25) is 5.91 Å². The molecule has 2 aromatic carbocycles. The zero-order chi connectivity index (χ0) is 22.4. The number of nitrogens with one attached hydrogen (secondary N) is 2. The van der Waals surface area contributed by atoms with Gasteiger partial charge in [-0.05, 0) is 43.2 Å². The van der Waals surface area contributed by atoms with Crippen LogP contribution in [-0.4, -0.2) is 33.9 Å². The average Bonchev–Trinajstić information content (AvgIpc) is 3.18. The van der Waals surface area contributed by atoms with E-state index in [1.165, 1.54) is 0 Å². The molecule has 8 nitrogen and oxygen atoms in total. The molecule has 0 aliphatic carbocycles. The first kappa shape index (κ1) is 22.0. The van der Waals surface area contributed by atoms with Crippen LogP contribution in [0.25, 0.3) is 5.69 Å². The lowest BCUT2D eigenvalue weighted by atomic mass is 10.1. The molecular formula is C23H27N5O3. The quantitative estimate of drug-likeness (QED) is 0.580. The van der Waals surface area contributed by atoms with E-state index in [0.717, 1.165) is 17.7 Å². The van der Waals surface area contributed by atoms with Crippen LogP contribution in [0.2, 0.25) is 0 Å². The van der Waals surface area contributed by atoms with Crippen molar-refractivity contribution in [3.8, 4) is 11.4 Å². The van der Waals surface area contributed by atoms with Crippen LogP contribution in [0.1, 0.15) is 42.0 Å². The molecule has 1 aromatic heterocycles. The predicted molar refractivity (Wildman–Crippen MR) is 118 cm³/mol. The first-order valence-corrected chi connectivity index (χ1v) is 10.2. The Morgan fingerprint density at radius 3 is 2.68 bits per heavy atom. The Morgan fingerprint density at radius 2 is 1.94 bits per heavy atom. The number of nitrogens with zero attached hydrogens (tertiary/aromatic N) is 3. The van der Waals surface area contributed by atoms with Crippen molar-refractivity contribution >= 4 is 17.5 Å². The summed E-state index contributed by atoms with van der Waals surface area (Å²) in [6.45, 7) is 5.96. The fourth-order valence-electron chi connectivity index (χ4n) is 3.00. The Balaban J connectivity index is 1.67. The van der Waals surface area contributed by atoms with Crippen molar-refractivity contribution < 1.29 is 14.3 Å². The van der Waals surface area contributed by atoms with Gasteiger partial charge in [0.15, 0.2) is 5.69 Å². The van der Waals surface area contributed by atoms with Crippen LogP contribution in [0.5, 0.6) is 5.75 Å². The summed E-state index contributed by atoms with van der Waals surface area (Å²) in [6.07, 6.45) is 0.775. The van der Waals surface area contributed by atoms with Gasteiger partial charge in [0.1, 0.15) is 5.75 Å². The number of anilines is 1. The second kappa shape index (κ2) is 9.88. The first-order valence-electron chi connectivity index (χ1n) is 10.2. The molecule has 2 N–H and O–H groups in total. The minimum atomic E-state index is -0.319. The normalized spacial score (nSPS) is 11.6. The molecule has 3 aromatic rings. The lowest BCUT2D eigenvalue weighted by molar-refractivity contribution is -0.119. The van der Waals surface area contributed by atoms with Gasteiger partial charge in [0, 0.05) is 24.2 Å². The number of carbonyl (C=O) groups is 2. The van der Waals surface area contributed by atoms with Crippen molar-refractivity contribution in [1.29, 1.82) is 0 Å². The number of aromatic nitrogens is 3. The summed E-state index contributed by atoms with van der Waals surface area (Å²) in [5.74, 6) is 0.298. The number of hydrogen-bond donors (Lipinski definition) is 2. The van der Waals surface area contributed by atoms with Crippen LogP contribution in [0.4, 0.5) is 5.69 Å². The third-order valence-electron chi connectivity index (χ3n) is 5.12. The van der Waals surface area contributed by atoms with Crippen LogP contribution < -0.4 is 15.4 Å². The molecule has 0 fully saturated rings. The zero-order valence-electron chi connectivity index (χ0n) is 18.2. The zero-order valence-corrected chi connectivity index (χ0v) is 18.2. The highest BCUT2D eigenvalue weighted by Crippen LogP contribution is 2.18. The minimum Gasteiger partial charge on any atom is -0.497 e. The van der Waals surface area contributed by atoms with Crippen molar-refractivity contribution in [1.82, 2.24) is 20.3 Å². The summed E-state index contributed by atoms with van der Waals surface area (Å²) < 4.78 is 6.84. The number of methoxy groups -OCH3 is 1. The number of benzene rings is 2. The van der Waals surface area contributed by atoms with E-state index >= 15 is 0 Å². The van der Waals surface area contributed by atoms with Crippen LogP contribution in [-0.2, 0) is 11.3 Å². The number of rotatable bonds is 8. The highest BCUT2D eigenvalue weighted by molar-refractivity contribution is 5.93. The molecule has 0 radical (unpaired) electrons. The molecule has 162 valence electrons. The van der Waals surface area contributed by atoms with Gasteiger partial charge in [0.25, 0.3) is 5.91 Å². The number of ether oxygens (including phenoxy) is 1. The molecule has 1 atom stereocenters. The van der Waals surface area contributed by atoms with Gasteiger partial charge in [0.05, 0.1) is 18.5 Å². The maximum absolute atomic E-state index is 12.7. The number of amides is 2. The molecule has 0 bridgehead atoms. The first-order chi connectivity index (χ1) is 14.9. The van der Waals surface area contributed by atoms with Crippen LogP contribution >= 0.6 is 0 Å². The van der Waals surface area contributed by atoms with E-state index in [4.69, 9.17) is 4.74 Å². The third-order valence-corrected chi connectivity index (χ3v) is 5.12. The second-order valence-corrected chi connectivity index (χ2v) is 7.32. The standard InChI is InChI=1S/C23H27N5O3/c1-5-15(2)22(29)25-18-9-6-8-17(12-18)14-24-23(30)21-16(3)28(27-26-21)19-10-7-11-20(13-19)31-4/h6-13,15H,5,14H2,1-4H3,(H,24,30)(H,25,29). The molecule has 0 spiro atoms. The van der Waals surface area contributed by atoms with E-state index in [1.54, 1.807) is 18.7 Å². The minimum absolute atomic E-state index is 0.0199. The van der Waals surface area contributed by atoms with Crippen molar-refractivity contribution in [3.05, 3.63) is 65.5 Å². The topological polar surface area (TPSA) is 98.1 Å². The Morgan fingerprint density at radius 1 is 1.16 bits per heavy atom. The monoisotopic (exact) mass is 421 g/mol. The fraction of sp³-hybridized carbons (Fsp3) is 0.304. The van der Waals surface area contributed by atoms with Gasteiger partial charge in [-0.3, -0.25) is 9.59 Å². The van der Waals surface area contributed by atoms with Gasteiger partial charge < -0.3 is 15.4 Å². The van der Waals surface area contributed by atoms with E-state index in [1.807, 2.05) is 62.4 Å². The molecule has 8 heteroatoms. The summed E-state index contributed by atoms with van der Waals surface area (Å²) in [6, 6.07) is 14.8. The highest BCUT2D eigenvalue weighted by Gasteiger charge is 2.17. The lowest BCUT2D eigenvalue weighted by Crippen LogP contribution is -2.24. The summed E-state index contributed by atoms with van der Waals surface area (Å²) >= 11 is 0. The number of carbonyl (C=O) groups excluding carboxylic acids is 2. The van der Waals surface area contributed by atoms with E-state index < -0.39 is 0 Å². The van der Waals surface area contributed by atoms with Crippen molar-refractivity contribution in [2.24, 2.45) is 5.92 Å². The van der Waals surface area contributed by atoms with E-state index in [2.05, 4.69) is 20.9 Å². The molecule has 1 heterocycles. The smallest absolute Gasteiger partial charge is 0.274 e. The maximum atomic E-state index is 12.7. The molecule has 0 aliphatic rings. The van der Waals surface area contributed by atoms with E-state index in [9.17, 15) is 9.59 Å². The average molecular weight is 422 g/mol. The van der Waals surface area contributed by atoms with Gasteiger partial charge in [-0.15, -0.1) is 5.10 Å². The van der Waals surface area contributed by atoms with Crippen molar-refractivity contribution in [2.45, 2.75) is 33.7 Å². The largest absolute Gasteiger partial charge is 0.497 e. The summed E-state index contributed by atoms with van der Waals surface area (Å²) in [7, 11) is 1.59. The maximum Gasteiger partial charge on any atom is 0.274 e. The van der Waals surface area contributed by atoms with E-state index in [0.29, 0.717) is 23.7 Å². The van der Waals surface area contributed by atoms with Gasteiger partial charge in [-0.25, -0.2) is 4.68 Å². The molecule has 0 saturated carbocycles.